The van der Waals surface area contributed by atoms with Crippen LogP contribution in [0.4, 0.5) is 11.4 Å². The Kier molecular flexibility index (Phi) is 6.68. The first kappa shape index (κ1) is 19.9. The summed E-state index contributed by atoms with van der Waals surface area (Å²) in [5.74, 6) is 0.839. The predicted molar refractivity (Wildman–Crippen MR) is 122 cm³/mol. The molecule has 28 heavy (non-hydrogen) atoms. The third kappa shape index (κ3) is 4.52. The second-order valence-corrected chi connectivity index (χ2v) is 6.73. The molecule has 0 saturated carbocycles. The minimum Gasteiger partial charge on any atom is -0.497 e. The van der Waals surface area contributed by atoms with E-state index in [1.807, 2.05) is 77.5 Å². The first-order valence-corrected chi connectivity index (χ1v) is 9.48. The molecule has 0 radical (unpaired) electrons. The molecule has 4 rings (SSSR count). The van der Waals surface area contributed by atoms with Crippen LogP contribution in [-0.2, 0) is 0 Å². The summed E-state index contributed by atoms with van der Waals surface area (Å²) in [4.78, 5) is 5.68. The molecule has 0 amide bonds. The Morgan fingerprint density at radius 2 is 1.50 bits per heavy atom. The van der Waals surface area contributed by atoms with Crippen LogP contribution in [0.2, 0.25) is 0 Å². The van der Waals surface area contributed by atoms with Crippen molar-refractivity contribution in [1.29, 1.82) is 0 Å². The predicted octanol–water partition coefficient (Wildman–Crippen LogP) is 5.91. The summed E-state index contributed by atoms with van der Waals surface area (Å²) < 4.78 is 7.30. The molecule has 0 atom stereocenters. The molecule has 0 fully saturated rings. The number of benzene rings is 3. The Labute approximate surface area is 178 Å². The lowest BCUT2D eigenvalue weighted by Crippen LogP contribution is -2.23. The minimum absolute atomic E-state index is 0. The van der Waals surface area contributed by atoms with Crippen molar-refractivity contribution < 1.29 is 4.74 Å². The number of nitrogens with zero attached hydrogens (tertiary/aromatic N) is 2. The van der Waals surface area contributed by atoms with Crippen LogP contribution in [-0.4, -0.2) is 11.8 Å². The van der Waals surface area contributed by atoms with Gasteiger partial charge in [-0.05, 0) is 48.5 Å². The zero-order valence-electron chi connectivity index (χ0n) is 15.3. The first-order chi connectivity index (χ1) is 13.3. The Balaban J connectivity index is 0.00000225. The maximum Gasteiger partial charge on any atom is 0.209 e. The summed E-state index contributed by atoms with van der Waals surface area (Å²) in [6.45, 7) is 0. The van der Waals surface area contributed by atoms with E-state index < -0.39 is 0 Å². The number of ether oxygens (including phenoxy) is 1. The van der Waals surface area contributed by atoms with Gasteiger partial charge in [0.2, 0.25) is 4.80 Å². The number of hydrogen-bond acceptors (Lipinski definition) is 4. The molecule has 1 heterocycles. The summed E-state index contributed by atoms with van der Waals surface area (Å²) in [6, 6.07) is 28.1. The van der Waals surface area contributed by atoms with E-state index >= 15 is 0 Å². The third-order valence-electron chi connectivity index (χ3n) is 4.09. The monoisotopic (exact) mass is 453 g/mol. The van der Waals surface area contributed by atoms with E-state index in [1.54, 1.807) is 18.4 Å². The van der Waals surface area contributed by atoms with Crippen molar-refractivity contribution in [3.63, 3.8) is 0 Å². The highest BCUT2D eigenvalue weighted by Crippen LogP contribution is 2.24. The van der Waals surface area contributed by atoms with Crippen LogP contribution in [0.5, 0.6) is 5.75 Å². The van der Waals surface area contributed by atoms with Gasteiger partial charge in [-0.15, -0.1) is 28.3 Å². The van der Waals surface area contributed by atoms with Crippen LogP contribution >= 0.6 is 28.3 Å². The van der Waals surface area contributed by atoms with Crippen molar-refractivity contribution in [2.45, 2.75) is 0 Å². The number of aromatic nitrogens is 1. The highest BCUT2D eigenvalue weighted by molar-refractivity contribution is 8.93. The Morgan fingerprint density at radius 1 is 0.857 bits per heavy atom. The first-order valence-electron chi connectivity index (χ1n) is 8.60. The van der Waals surface area contributed by atoms with Crippen molar-refractivity contribution >= 4 is 39.7 Å². The molecule has 3 aromatic carbocycles. The van der Waals surface area contributed by atoms with E-state index in [0.29, 0.717) is 0 Å². The lowest BCUT2D eigenvalue weighted by molar-refractivity contribution is 0.415. The number of nitrogens with one attached hydrogen (secondary N) is 1. The Bertz CT molecular complexity index is 1070. The number of hydrogen-bond donors (Lipinski definition) is 1. The number of halogens is 1. The average molecular weight is 454 g/mol. The molecule has 4 aromatic rings. The quantitative estimate of drug-likeness (QED) is 0.407. The molecular formula is C22H20BrN3OS. The van der Waals surface area contributed by atoms with Gasteiger partial charge >= 0.3 is 0 Å². The van der Waals surface area contributed by atoms with Crippen molar-refractivity contribution in [3.05, 3.63) is 95.1 Å². The maximum atomic E-state index is 5.28. The smallest absolute Gasteiger partial charge is 0.209 e. The van der Waals surface area contributed by atoms with E-state index in [9.17, 15) is 0 Å². The lowest BCUT2D eigenvalue weighted by atomic mass is 10.2. The largest absolute Gasteiger partial charge is 0.497 e. The van der Waals surface area contributed by atoms with Gasteiger partial charge in [0.1, 0.15) is 5.75 Å². The van der Waals surface area contributed by atoms with Crippen LogP contribution in [0.1, 0.15) is 0 Å². The van der Waals surface area contributed by atoms with Gasteiger partial charge in [0, 0.05) is 10.9 Å². The molecule has 0 aliphatic carbocycles. The second-order valence-electron chi connectivity index (χ2n) is 5.89. The molecule has 1 N–H and O–H groups in total. The number of methoxy groups -OCH3 is 1. The molecular weight excluding hydrogens is 434 g/mol. The fraction of sp³-hybridized carbons (Fsp3) is 0.0455. The Hall–Kier alpha value is -2.83. The SMILES string of the molecule is Br.COc1ccc(-c2csc(=Nc3ccccc3)n2Nc2ccccc2)cc1. The van der Waals surface area contributed by atoms with Crippen LogP contribution in [0, 0.1) is 0 Å². The van der Waals surface area contributed by atoms with Gasteiger partial charge in [0.05, 0.1) is 24.2 Å². The lowest BCUT2D eigenvalue weighted by Gasteiger charge is -2.12. The number of para-hydroxylation sites is 2. The summed E-state index contributed by atoms with van der Waals surface area (Å²) in [6.07, 6.45) is 0. The van der Waals surface area contributed by atoms with Crippen molar-refractivity contribution in [2.24, 2.45) is 4.99 Å². The van der Waals surface area contributed by atoms with Crippen molar-refractivity contribution in [1.82, 2.24) is 4.68 Å². The molecule has 0 aliphatic heterocycles. The van der Waals surface area contributed by atoms with Crippen LogP contribution < -0.4 is 15.0 Å². The van der Waals surface area contributed by atoms with Gasteiger partial charge < -0.3 is 4.74 Å². The molecule has 0 saturated heterocycles. The van der Waals surface area contributed by atoms with Gasteiger partial charge in [-0.25, -0.2) is 9.67 Å². The van der Waals surface area contributed by atoms with Crippen molar-refractivity contribution in [3.8, 4) is 17.0 Å². The molecule has 0 unspecified atom stereocenters. The minimum atomic E-state index is 0. The number of anilines is 1. The standard InChI is InChI=1S/C22H19N3OS.BrH/c1-26-20-14-12-17(13-15-20)21-16-27-22(23-18-8-4-2-5-9-18)25(21)24-19-10-6-3-7-11-19;/h2-16,24H,1H3;1H. The topological polar surface area (TPSA) is 38.5 Å². The zero-order chi connectivity index (χ0) is 18.5. The number of thiazole rings is 1. The summed E-state index contributed by atoms with van der Waals surface area (Å²) in [5.41, 5.74) is 7.52. The Morgan fingerprint density at radius 3 is 2.14 bits per heavy atom. The van der Waals surface area contributed by atoms with Crippen LogP contribution in [0.15, 0.2) is 95.3 Å². The molecule has 142 valence electrons. The highest BCUT2D eigenvalue weighted by Gasteiger charge is 2.09. The summed E-state index contributed by atoms with van der Waals surface area (Å²) in [5, 5.41) is 2.11. The van der Waals surface area contributed by atoms with Gasteiger partial charge in [-0.2, -0.15) is 0 Å². The van der Waals surface area contributed by atoms with Gasteiger partial charge in [-0.1, -0.05) is 36.4 Å². The zero-order valence-corrected chi connectivity index (χ0v) is 17.8. The van der Waals surface area contributed by atoms with E-state index in [2.05, 4.69) is 22.9 Å². The number of rotatable bonds is 5. The fourth-order valence-corrected chi connectivity index (χ4v) is 3.58. The van der Waals surface area contributed by atoms with E-state index in [1.165, 1.54) is 0 Å². The van der Waals surface area contributed by atoms with Crippen LogP contribution in [0.3, 0.4) is 0 Å². The molecule has 0 bridgehead atoms. The fourth-order valence-electron chi connectivity index (χ4n) is 2.72. The van der Waals surface area contributed by atoms with Gasteiger partial charge in [0.25, 0.3) is 0 Å². The molecule has 4 nitrogen and oxygen atoms in total. The van der Waals surface area contributed by atoms with E-state index in [4.69, 9.17) is 9.73 Å². The van der Waals surface area contributed by atoms with Crippen molar-refractivity contribution in [2.75, 3.05) is 12.5 Å². The summed E-state index contributed by atoms with van der Waals surface area (Å²) >= 11 is 1.60. The van der Waals surface area contributed by atoms with E-state index in [-0.39, 0.29) is 17.0 Å². The summed E-state index contributed by atoms with van der Waals surface area (Å²) in [7, 11) is 1.67. The average Bonchev–Trinajstić information content (AvgIpc) is 3.12. The highest BCUT2D eigenvalue weighted by atomic mass is 79.9. The molecule has 6 heteroatoms. The van der Waals surface area contributed by atoms with E-state index in [0.717, 1.165) is 33.2 Å². The third-order valence-corrected chi connectivity index (χ3v) is 4.92. The molecule has 1 aromatic heterocycles. The normalized spacial score (nSPS) is 11.0. The second kappa shape index (κ2) is 9.39. The van der Waals surface area contributed by atoms with Gasteiger partial charge in [-0.3, -0.25) is 5.43 Å². The molecule has 0 spiro atoms. The van der Waals surface area contributed by atoms with Gasteiger partial charge in [0.15, 0.2) is 0 Å². The maximum absolute atomic E-state index is 5.28. The van der Waals surface area contributed by atoms with Crippen LogP contribution in [0.25, 0.3) is 11.3 Å². The molecule has 0 aliphatic rings.